The van der Waals surface area contributed by atoms with Gasteiger partial charge in [0.15, 0.2) is 0 Å². The molecule has 0 radical (unpaired) electrons. The number of fused-ring (bicyclic) bond motifs is 1. The van der Waals surface area contributed by atoms with Crippen molar-refractivity contribution in [3.63, 3.8) is 0 Å². The fourth-order valence-electron chi connectivity index (χ4n) is 2.84. The van der Waals surface area contributed by atoms with Crippen molar-refractivity contribution in [1.29, 1.82) is 0 Å². The summed E-state index contributed by atoms with van der Waals surface area (Å²) in [5.74, 6) is 0.768. The molecule has 0 saturated carbocycles. The molecule has 0 spiro atoms. The molecule has 1 fully saturated rings. The smallest absolute Gasteiger partial charge is 0.246 e. The van der Waals surface area contributed by atoms with Gasteiger partial charge >= 0.3 is 0 Å². The number of hydrogen-bond donors (Lipinski definition) is 1. The van der Waals surface area contributed by atoms with Gasteiger partial charge in [0.05, 0.1) is 5.52 Å². The number of nitrogens with zero attached hydrogens (tertiary/aromatic N) is 4. The van der Waals surface area contributed by atoms with Crippen LogP contribution in [0.2, 0.25) is 0 Å². The fraction of sp³-hybridized carbons (Fsp3) is 0.562. The molecule has 0 bridgehead atoms. The molecule has 0 aliphatic carbocycles. The third-order valence-corrected chi connectivity index (χ3v) is 4.00. The second-order valence-electron chi connectivity index (χ2n) is 6.01. The van der Waals surface area contributed by atoms with Crippen LogP contribution in [0.25, 0.3) is 11.0 Å². The van der Waals surface area contributed by atoms with Crippen LogP contribution in [-0.2, 0) is 0 Å². The molecule has 112 valence electrons. The highest BCUT2D eigenvalue weighted by molar-refractivity contribution is 5.74. The first-order valence-electron chi connectivity index (χ1n) is 7.83. The van der Waals surface area contributed by atoms with Crippen LogP contribution in [-0.4, -0.2) is 40.4 Å². The number of rotatable bonds is 4. The van der Waals surface area contributed by atoms with Gasteiger partial charge in [-0.1, -0.05) is 26.0 Å². The zero-order valence-electron chi connectivity index (χ0n) is 12.8. The number of anilines is 1. The SMILES string of the molecule is CC(C)NCC1CCCCN1c1nnc2ccccc2n1. The van der Waals surface area contributed by atoms with E-state index >= 15 is 0 Å². The summed E-state index contributed by atoms with van der Waals surface area (Å²) < 4.78 is 0. The predicted molar refractivity (Wildman–Crippen MR) is 85.5 cm³/mol. The Morgan fingerprint density at radius 1 is 1.19 bits per heavy atom. The number of para-hydroxylation sites is 1. The standard InChI is InChI=1S/C16H23N5/c1-12(2)17-11-13-7-5-6-10-21(13)16-18-14-8-3-4-9-15(14)19-20-16/h3-4,8-9,12-13,17H,5-7,10-11H2,1-2H3. The second kappa shape index (κ2) is 6.35. The van der Waals surface area contributed by atoms with E-state index in [4.69, 9.17) is 4.98 Å². The van der Waals surface area contributed by atoms with Gasteiger partial charge in [-0.05, 0) is 31.4 Å². The molecule has 1 N–H and O–H groups in total. The molecule has 3 rings (SSSR count). The maximum absolute atomic E-state index is 4.70. The average Bonchev–Trinajstić information content (AvgIpc) is 2.52. The summed E-state index contributed by atoms with van der Waals surface area (Å²) >= 11 is 0. The third-order valence-electron chi connectivity index (χ3n) is 4.00. The number of hydrogen-bond acceptors (Lipinski definition) is 5. The molecule has 5 nitrogen and oxygen atoms in total. The first kappa shape index (κ1) is 14.2. The summed E-state index contributed by atoms with van der Waals surface area (Å²) in [5, 5.41) is 12.2. The van der Waals surface area contributed by atoms with Crippen molar-refractivity contribution in [3.05, 3.63) is 24.3 Å². The Balaban J connectivity index is 1.83. The van der Waals surface area contributed by atoms with Crippen molar-refractivity contribution >= 4 is 17.0 Å². The summed E-state index contributed by atoms with van der Waals surface area (Å²) in [7, 11) is 0. The van der Waals surface area contributed by atoms with Gasteiger partial charge in [0.1, 0.15) is 5.52 Å². The summed E-state index contributed by atoms with van der Waals surface area (Å²) in [4.78, 5) is 7.02. The molecule has 2 heterocycles. The van der Waals surface area contributed by atoms with E-state index in [9.17, 15) is 0 Å². The van der Waals surface area contributed by atoms with E-state index < -0.39 is 0 Å². The molecule has 5 heteroatoms. The van der Waals surface area contributed by atoms with Crippen LogP contribution in [0.1, 0.15) is 33.1 Å². The van der Waals surface area contributed by atoms with E-state index in [1.54, 1.807) is 0 Å². The zero-order chi connectivity index (χ0) is 14.7. The van der Waals surface area contributed by atoms with Crippen LogP contribution < -0.4 is 10.2 Å². The maximum atomic E-state index is 4.70. The topological polar surface area (TPSA) is 53.9 Å². The van der Waals surface area contributed by atoms with Gasteiger partial charge in [0, 0.05) is 25.2 Å². The lowest BCUT2D eigenvalue weighted by Crippen LogP contribution is -2.47. The van der Waals surface area contributed by atoms with Crippen LogP contribution >= 0.6 is 0 Å². The van der Waals surface area contributed by atoms with Crippen molar-refractivity contribution < 1.29 is 0 Å². The monoisotopic (exact) mass is 285 g/mol. The highest BCUT2D eigenvalue weighted by Gasteiger charge is 2.25. The molecule has 1 aromatic heterocycles. The fourth-order valence-corrected chi connectivity index (χ4v) is 2.84. The predicted octanol–water partition coefficient (Wildman–Crippen LogP) is 2.38. The summed E-state index contributed by atoms with van der Waals surface area (Å²) in [6.45, 7) is 6.36. The van der Waals surface area contributed by atoms with Crippen molar-refractivity contribution in [3.8, 4) is 0 Å². The Kier molecular flexibility index (Phi) is 4.29. The van der Waals surface area contributed by atoms with Crippen LogP contribution in [0.3, 0.4) is 0 Å². The zero-order valence-corrected chi connectivity index (χ0v) is 12.8. The Labute approximate surface area is 125 Å². The van der Waals surface area contributed by atoms with Crippen molar-refractivity contribution in [2.24, 2.45) is 0 Å². The van der Waals surface area contributed by atoms with Crippen molar-refractivity contribution in [1.82, 2.24) is 20.5 Å². The number of piperidine rings is 1. The highest BCUT2D eigenvalue weighted by atomic mass is 15.3. The largest absolute Gasteiger partial charge is 0.335 e. The van der Waals surface area contributed by atoms with Crippen molar-refractivity contribution in [2.75, 3.05) is 18.0 Å². The Hall–Kier alpha value is -1.75. The van der Waals surface area contributed by atoms with E-state index in [0.717, 1.165) is 30.1 Å². The lowest BCUT2D eigenvalue weighted by Gasteiger charge is -2.36. The van der Waals surface area contributed by atoms with Crippen molar-refractivity contribution in [2.45, 2.75) is 45.2 Å². The van der Waals surface area contributed by atoms with Gasteiger partial charge in [-0.25, -0.2) is 4.98 Å². The lowest BCUT2D eigenvalue weighted by molar-refractivity contribution is 0.415. The highest BCUT2D eigenvalue weighted by Crippen LogP contribution is 2.22. The van der Waals surface area contributed by atoms with E-state index in [1.807, 2.05) is 24.3 Å². The maximum Gasteiger partial charge on any atom is 0.246 e. The normalized spacial score (nSPS) is 19.4. The molecule has 1 aliphatic rings. The van der Waals surface area contributed by atoms with E-state index in [2.05, 4.69) is 34.3 Å². The molecule has 1 saturated heterocycles. The quantitative estimate of drug-likeness (QED) is 0.934. The Bertz CT molecular complexity index is 598. The van der Waals surface area contributed by atoms with Crippen LogP contribution in [0.15, 0.2) is 24.3 Å². The molecular formula is C16H23N5. The first-order valence-corrected chi connectivity index (χ1v) is 7.83. The number of nitrogens with one attached hydrogen (secondary N) is 1. The van der Waals surface area contributed by atoms with Gasteiger partial charge in [-0.2, -0.15) is 0 Å². The lowest BCUT2D eigenvalue weighted by atomic mass is 10.0. The molecule has 1 unspecified atom stereocenters. The molecule has 1 atom stereocenters. The van der Waals surface area contributed by atoms with Crippen LogP contribution in [0, 0.1) is 0 Å². The van der Waals surface area contributed by atoms with Gasteiger partial charge in [-0.3, -0.25) is 0 Å². The van der Waals surface area contributed by atoms with Gasteiger partial charge < -0.3 is 10.2 Å². The van der Waals surface area contributed by atoms with E-state index in [1.165, 1.54) is 19.3 Å². The minimum absolute atomic E-state index is 0.462. The third kappa shape index (κ3) is 3.29. The van der Waals surface area contributed by atoms with Gasteiger partial charge in [-0.15, -0.1) is 10.2 Å². The van der Waals surface area contributed by atoms with Gasteiger partial charge in [0.25, 0.3) is 0 Å². The molecule has 0 amide bonds. The Morgan fingerprint density at radius 2 is 2.00 bits per heavy atom. The van der Waals surface area contributed by atoms with E-state index in [0.29, 0.717) is 12.1 Å². The number of benzene rings is 1. The van der Waals surface area contributed by atoms with Crippen LogP contribution in [0.4, 0.5) is 5.95 Å². The second-order valence-corrected chi connectivity index (χ2v) is 6.01. The minimum atomic E-state index is 0.462. The van der Waals surface area contributed by atoms with E-state index in [-0.39, 0.29) is 0 Å². The van der Waals surface area contributed by atoms with Gasteiger partial charge in [0.2, 0.25) is 5.95 Å². The molecule has 2 aromatic rings. The first-order chi connectivity index (χ1) is 10.2. The molecular weight excluding hydrogens is 262 g/mol. The summed E-state index contributed by atoms with van der Waals surface area (Å²) in [6, 6.07) is 8.88. The van der Waals surface area contributed by atoms with Crippen LogP contribution in [0.5, 0.6) is 0 Å². The molecule has 1 aliphatic heterocycles. The minimum Gasteiger partial charge on any atom is -0.335 e. The average molecular weight is 285 g/mol. The number of aromatic nitrogens is 3. The summed E-state index contributed by atoms with van der Waals surface area (Å²) in [6.07, 6.45) is 3.67. The summed E-state index contributed by atoms with van der Waals surface area (Å²) in [5.41, 5.74) is 1.78. The molecule has 21 heavy (non-hydrogen) atoms. The Morgan fingerprint density at radius 3 is 2.81 bits per heavy atom. The molecule has 1 aromatic carbocycles.